The van der Waals surface area contributed by atoms with E-state index in [2.05, 4.69) is 31.9 Å². The molecular weight excluding hydrogens is 248 g/mol. The van der Waals surface area contributed by atoms with Gasteiger partial charge in [0.15, 0.2) is 6.61 Å². The Kier molecular flexibility index (Phi) is 13.6. The molecule has 0 N–H and O–H groups in total. The molecular formula is C18H26O2. The van der Waals surface area contributed by atoms with E-state index < -0.39 is 0 Å². The van der Waals surface area contributed by atoms with Gasteiger partial charge in [-0.25, -0.2) is 0 Å². The molecule has 0 spiro atoms. The SMILES string of the molecule is C#CC.C=CC(=C/CC)/C(=C\C)C1=COCC1=O.CC. The predicted octanol–water partition coefficient (Wildman–Crippen LogP) is 4.60. The van der Waals surface area contributed by atoms with Crippen molar-refractivity contribution in [1.82, 2.24) is 0 Å². The normalized spacial score (nSPS) is 13.8. The molecule has 1 aliphatic heterocycles. The molecule has 0 aliphatic carbocycles. The summed E-state index contributed by atoms with van der Waals surface area (Å²) in [4.78, 5) is 11.5. The number of ether oxygens (including phenoxy) is 1. The zero-order valence-corrected chi connectivity index (χ0v) is 13.3. The van der Waals surface area contributed by atoms with Crippen molar-refractivity contribution in [3.63, 3.8) is 0 Å². The largest absolute Gasteiger partial charge is 0.492 e. The van der Waals surface area contributed by atoms with Crippen LogP contribution < -0.4 is 0 Å². The quantitative estimate of drug-likeness (QED) is 0.553. The van der Waals surface area contributed by atoms with E-state index in [0.29, 0.717) is 5.57 Å². The van der Waals surface area contributed by atoms with E-state index in [9.17, 15) is 4.79 Å². The van der Waals surface area contributed by atoms with Gasteiger partial charge in [-0.05, 0) is 31.4 Å². The van der Waals surface area contributed by atoms with Crippen molar-refractivity contribution in [3.05, 3.63) is 47.8 Å². The first-order valence-electron chi connectivity index (χ1n) is 6.88. The number of ketones is 1. The fraction of sp³-hybridized carbons (Fsp3) is 0.389. The third-order valence-electron chi connectivity index (χ3n) is 2.25. The second-order valence-electron chi connectivity index (χ2n) is 3.53. The molecule has 0 saturated heterocycles. The highest BCUT2D eigenvalue weighted by Gasteiger charge is 2.21. The molecule has 1 rings (SSSR count). The van der Waals surface area contributed by atoms with Crippen LogP contribution >= 0.6 is 0 Å². The Morgan fingerprint density at radius 1 is 1.55 bits per heavy atom. The van der Waals surface area contributed by atoms with Crippen LogP contribution in [-0.4, -0.2) is 12.4 Å². The molecule has 2 nitrogen and oxygen atoms in total. The van der Waals surface area contributed by atoms with Crippen molar-refractivity contribution in [1.29, 1.82) is 0 Å². The molecule has 0 aromatic heterocycles. The Balaban J connectivity index is 0. The standard InChI is InChI=1S/C13H16O2.C3H4.C2H6/c1-4-7-10(5-2)11(6-3)12-8-15-9-13(12)14;1-3-2;1-2/h5-8H,2,4,9H2,1,3H3;1H,2H3;1-2H3/b10-7-,11-6+;;. The van der Waals surface area contributed by atoms with Crippen LogP contribution in [0.1, 0.15) is 41.0 Å². The van der Waals surface area contributed by atoms with E-state index >= 15 is 0 Å². The minimum absolute atomic E-state index is 0.0342. The van der Waals surface area contributed by atoms with Gasteiger partial charge in [-0.2, -0.15) is 0 Å². The zero-order valence-electron chi connectivity index (χ0n) is 13.3. The summed E-state index contributed by atoms with van der Waals surface area (Å²) < 4.78 is 5.01. The smallest absolute Gasteiger partial charge is 0.203 e. The highest BCUT2D eigenvalue weighted by Crippen LogP contribution is 2.24. The van der Waals surface area contributed by atoms with Gasteiger partial charge in [-0.1, -0.05) is 45.6 Å². The molecule has 1 aliphatic rings. The van der Waals surface area contributed by atoms with Crippen molar-refractivity contribution in [2.45, 2.75) is 41.0 Å². The molecule has 2 heteroatoms. The van der Waals surface area contributed by atoms with E-state index in [0.717, 1.165) is 17.6 Å². The predicted molar refractivity (Wildman–Crippen MR) is 87.2 cm³/mol. The Labute approximate surface area is 123 Å². The number of allylic oxidation sites excluding steroid dienone is 5. The van der Waals surface area contributed by atoms with E-state index in [4.69, 9.17) is 4.74 Å². The maximum absolute atomic E-state index is 11.5. The van der Waals surface area contributed by atoms with Crippen LogP contribution in [0.4, 0.5) is 0 Å². The summed E-state index contributed by atoms with van der Waals surface area (Å²) in [6.45, 7) is 13.5. The molecule has 0 radical (unpaired) electrons. The molecule has 110 valence electrons. The van der Waals surface area contributed by atoms with Gasteiger partial charge in [-0.15, -0.1) is 12.3 Å². The lowest BCUT2D eigenvalue weighted by atomic mass is 9.95. The lowest BCUT2D eigenvalue weighted by molar-refractivity contribution is -0.116. The minimum Gasteiger partial charge on any atom is -0.492 e. The van der Waals surface area contributed by atoms with E-state index in [1.165, 1.54) is 6.26 Å². The third kappa shape index (κ3) is 6.80. The second-order valence-corrected chi connectivity index (χ2v) is 3.53. The molecule has 0 aromatic carbocycles. The molecule has 0 unspecified atom stereocenters. The van der Waals surface area contributed by atoms with Crippen LogP contribution in [-0.2, 0) is 9.53 Å². The molecule has 0 saturated carbocycles. The molecule has 1 heterocycles. The maximum Gasteiger partial charge on any atom is 0.203 e. The van der Waals surface area contributed by atoms with Crippen molar-refractivity contribution >= 4 is 5.78 Å². The summed E-state index contributed by atoms with van der Waals surface area (Å²) >= 11 is 0. The lowest BCUT2D eigenvalue weighted by Gasteiger charge is -2.06. The Morgan fingerprint density at radius 3 is 2.40 bits per heavy atom. The van der Waals surface area contributed by atoms with Crippen molar-refractivity contribution in [3.8, 4) is 12.3 Å². The van der Waals surface area contributed by atoms with Crippen molar-refractivity contribution in [2.24, 2.45) is 0 Å². The Hall–Kier alpha value is -2.01. The highest BCUT2D eigenvalue weighted by molar-refractivity contribution is 6.03. The van der Waals surface area contributed by atoms with Crippen LogP contribution in [0.15, 0.2) is 47.8 Å². The van der Waals surface area contributed by atoms with Crippen molar-refractivity contribution < 1.29 is 9.53 Å². The van der Waals surface area contributed by atoms with Gasteiger partial charge in [0, 0.05) is 0 Å². The van der Waals surface area contributed by atoms with E-state index in [1.54, 1.807) is 13.0 Å². The summed E-state index contributed by atoms with van der Waals surface area (Å²) in [6, 6.07) is 0. The summed E-state index contributed by atoms with van der Waals surface area (Å²) in [5.41, 5.74) is 2.55. The molecule has 0 bridgehead atoms. The zero-order chi connectivity index (χ0) is 16.0. The van der Waals surface area contributed by atoms with Gasteiger partial charge in [0.2, 0.25) is 5.78 Å². The highest BCUT2D eigenvalue weighted by atomic mass is 16.5. The molecule has 0 aromatic rings. The first-order valence-corrected chi connectivity index (χ1v) is 6.88. The molecule has 0 fully saturated rings. The van der Waals surface area contributed by atoms with Gasteiger partial charge in [-0.3, -0.25) is 4.79 Å². The van der Waals surface area contributed by atoms with Crippen LogP contribution in [0.3, 0.4) is 0 Å². The summed E-state index contributed by atoms with van der Waals surface area (Å²) in [5.74, 6) is 2.28. The van der Waals surface area contributed by atoms with Gasteiger partial charge in [0.05, 0.1) is 11.8 Å². The van der Waals surface area contributed by atoms with Gasteiger partial charge >= 0.3 is 0 Å². The topological polar surface area (TPSA) is 26.3 Å². The van der Waals surface area contributed by atoms with Crippen LogP contribution in [0.25, 0.3) is 0 Å². The first kappa shape index (κ1) is 20.3. The summed E-state index contributed by atoms with van der Waals surface area (Å²) in [6.07, 6.45) is 12.8. The van der Waals surface area contributed by atoms with Gasteiger partial charge < -0.3 is 4.74 Å². The first-order chi connectivity index (χ1) is 9.65. The molecule has 0 atom stereocenters. The van der Waals surface area contributed by atoms with Crippen molar-refractivity contribution in [2.75, 3.05) is 6.61 Å². The fourth-order valence-corrected chi connectivity index (χ4v) is 1.56. The average molecular weight is 274 g/mol. The van der Waals surface area contributed by atoms with E-state index in [-0.39, 0.29) is 12.4 Å². The maximum atomic E-state index is 11.5. The number of carbonyl (C=O) groups is 1. The fourth-order valence-electron chi connectivity index (χ4n) is 1.56. The number of carbonyl (C=O) groups excluding carboxylic acids is 1. The Bertz CT molecular complexity index is 429. The van der Waals surface area contributed by atoms with Crippen LogP contribution in [0, 0.1) is 12.3 Å². The monoisotopic (exact) mass is 274 g/mol. The van der Waals surface area contributed by atoms with E-state index in [1.807, 2.05) is 26.8 Å². The number of Topliss-reactive ketones (excluding diaryl/α,β-unsaturated/α-hetero) is 1. The number of hydrogen-bond acceptors (Lipinski definition) is 2. The Morgan fingerprint density at radius 2 is 2.10 bits per heavy atom. The van der Waals surface area contributed by atoms with Gasteiger partial charge in [0.25, 0.3) is 0 Å². The van der Waals surface area contributed by atoms with Crippen LogP contribution in [0.5, 0.6) is 0 Å². The minimum atomic E-state index is 0.0342. The van der Waals surface area contributed by atoms with Gasteiger partial charge in [0.1, 0.15) is 0 Å². The lowest BCUT2D eigenvalue weighted by Crippen LogP contribution is -2.04. The summed E-state index contributed by atoms with van der Waals surface area (Å²) in [7, 11) is 0. The summed E-state index contributed by atoms with van der Waals surface area (Å²) in [5, 5.41) is 0. The number of terminal acetylenes is 1. The van der Waals surface area contributed by atoms with Crippen LogP contribution in [0.2, 0.25) is 0 Å². The number of hydrogen-bond donors (Lipinski definition) is 0. The molecule has 0 amide bonds. The second kappa shape index (κ2) is 13.4. The average Bonchev–Trinajstić information content (AvgIpc) is 2.88. The molecule has 20 heavy (non-hydrogen) atoms. The number of rotatable bonds is 4. The third-order valence-corrected chi connectivity index (χ3v) is 2.25.